The fraction of sp³-hybridized carbons (Fsp3) is 0.444. The van der Waals surface area contributed by atoms with Gasteiger partial charge in [-0.05, 0) is 6.92 Å². The van der Waals surface area contributed by atoms with Crippen molar-refractivity contribution in [1.29, 1.82) is 0 Å². The minimum absolute atomic E-state index is 0.112. The largest absolute Gasteiger partial charge is 0.515 e. The van der Waals surface area contributed by atoms with Crippen molar-refractivity contribution in [2.75, 3.05) is 6.61 Å². The molecule has 0 aromatic heterocycles. The zero-order valence-corrected chi connectivity index (χ0v) is 7.93. The summed E-state index contributed by atoms with van der Waals surface area (Å²) in [5.41, 5.74) is -0.612. The number of hydrogen-bond donors (Lipinski definition) is 3. The van der Waals surface area contributed by atoms with Crippen LogP contribution in [0.2, 0.25) is 0 Å². The fourth-order valence-corrected chi connectivity index (χ4v) is 1.00. The average Bonchev–Trinajstić information content (AvgIpc) is 2.04. The van der Waals surface area contributed by atoms with Gasteiger partial charge in [-0.3, -0.25) is 0 Å². The van der Waals surface area contributed by atoms with Crippen LogP contribution in [0.1, 0.15) is 13.3 Å². The number of ether oxygens (including phenoxy) is 1. The van der Waals surface area contributed by atoms with Crippen LogP contribution in [0.4, 0.5) is 0 Å². The maximum atomic E-state index is 10.6. The van der Waals surface area contributed by atoms with Crippen LogP contribution in [0.25, 0.3) is 0 Å². The Morgan fingerprint density at radius 3 is 2.50 bits per heavy atom. The van der Waals surface area contributed by atoms with Crippen molar-refractivity contribution < 1.29 is 24.9 Å². The van der Waals surface area contributed by atoms with Crippen molar-refractivity contribution in [3.05, 3.63) is 24.5 Å². The van der Waals surface area contributed by atoms with Gasteiger partial charge >= 0.3 is 5.97 Å². The second-order valence-corrected chi connectivity index (χ2v) is 2.56. The summed E-state index contributed by atoms with van der Waals surface area (Å²) >= 11 is 0. The monoisotopic (exact) mass is 202 g/mol. The second kappa shape index (κ2) is 5.41. The molecule has 1 atom stereocenters. The summed E-state index contributed by atoms with van der Waals surface area (Å²) in [4.78, 5) is 10.6. The molecule has 0 aromatic rings. The maximum Gasteiger partial charge on any atom is 0.340 e. The molecule has 0 fully saturated rings. The predicted molar refractivity (Wildman–Crippen MR) is 49.7 cm³/mol. The van der Waals surface area contributed by atoms with Crippen LogP contribution in [0.15, 0.2) is 24.5 Å². The van der Waals surface area contributed by atoms with E-state index in [-0.39, 0.29) is 13.0 Å². The van der Waals surface area contributed by atoms with Crippen molar-refractivity contribution in [3.8, 4) is 0 Å². The molecule has 0 saturated heterocycles. The first-order chi connectivity index (χ1) is 6.51. The highest BCUT2D eigenvalue weighted by atomic mass is 16.6. The molecule has 0 spiro atoms. The van der Waals surface area contributed by atoms with Gasteiger partial charge in [0.05, 0.1) is 6.26 Å². The standard InChI is InChI=1S/C9H14O5/c1-3-5-9(13,14-4-2)7(6-10)8(11)12/h3,6,10,13H,1,4-5H2,2H3,(H,11,12). The van der Waals surface area contributed by atoms with E-state index in [4.69, 9.17) is 14.9 Å². The molecule has 0 heterocycles. The Morgan fingerprint density at radius 2 is 2.21 bits per heavy atom. The maximum absolute atomic E-state index is 10.6. The first-order valence-corrected chi connectivity index (χ1v) is 4.07. The van der Waals surface area contributed by atoms with Gasteiger partial charge in [-0.1, -0.05) is 6.08 Å². The quantitative estimate of drug-likeness (QED) is 0.257. The number of hydrogen-bond acceptors (Lipinski definition) is 4. The van der Waals surface area contributed by atoms with Crippen LogP contribution in [-0.2, 0) is 9.53 Å². The summed E-state index contributed by atoms with van der Waals surface area (Å²) in [5.74, 6) is -3.46. The van der Waals surface area contributed by atoms with Crippen LogP contribution < -0.4 is 0 Å². The average molecular weight is 202 g/mol. The molecule has 80 valence electrons. The van der Waals surface area contributed by atoms with Crippen LogP contribution in [-0.4, -0.2) is 33.7 Å². The van der Waals surface area contributed by atoms with Crippen molar-refractivity contribution in [3.63, 3.8) is 0 Å². The number of aliphatic hydroxyl groups excluding tert-OH is 1. The summed E-state index contributed by atoms with van der Waals surface area (Å²) in [6.07, 6.45) is 1.52. The third-order valence-electron chi connectivity index (χ3n) is 1.58. The summed E-state index contributed by atoms with van der Waals surface area (Å²) in [7, 11) is 0. The van der Waals surface area contributed by atoms with Gasteiger partial charge in [0.1, 0.15) is 5.57 Å². The van der Waals surface area contributed by atoms with E-state index in [1.165, 1.54) is 6.08 Å². The van der Waals surface area contributed by atoms with Crippen LogP contribution >= 0.6 is 0 Å². The summed E-state index contributed by atoms with van der Waals surface area (Å²) in [5, 5.41) is 27.1. The molecule has 0 radical (unpaired) electrons. The lowest BCUT2D eigenvalue weighted by Crippen LogP contribution is -2.37. The Bertz CT molecular complexity index is 246. The van der Waals surface area contributed by atoms with Crippen molar-refractivity contribution in [2.45, 2.75) is 19.1 Å². The molecule has 14 heavy (non-hydrogen) atoms. The third kappa shape index (κ3) is 2.86. The Morgan fingerprint density at radius 1 is 1.64 bits per heavy atom. The fourth-order valence-electron chi connectivity index (χ4n) is 1.00. The molecule has 0 rings (SSSR count). The molecular formula is C9H14O5. The van der Waals surface area contributed by atoms with E-state index < -0.39 is 17.3 Å². The van der Waals surface area contributed by atoms with Crippen molar-refractivity contribution >= 4 is 5.97 Å². The highest BCUT2D eigenvalue weighted by molar-refractivity contribution is 5.88. The molecule has 0 aliphatic carbocycles. The number of carboxylic acid groups (broad SMARTS) is 1. The number of aliphatic carboxylic acids is 1. The number of carbonyl (C=O) groups is 1. The van der Waals surface area contributed by atoms with Crippen LogP contribution in [0, 0.1) is 0 Å². The smallest absolute Gasteiger partial charge is 0.340 e. The van der Waals surface area contributed by atoms with Crippen LogP contribution in [0.5, 0.6) is 0 Å². The van der Waals surface area contributed by atoms with E-state index in [0.717, 1.165) is 0 Å². The number of aliphatic hydroxyl groups is 2. The molecule has 3 N–H and O–H groups in total. The van der Waals surface area contributed by atoms with E-state index in [2.05, 4.69) is 6.58 Å². The minimum Gasteiger partial charge on any atom is -0.515 e. The van der Waals surface area contributed by atoms with Gasteiger partial charge in [-0.25, -0.2) is 4.79 Å². The number of rotatable bonds is 6. The van der Waals surface area contributed by atoms with Crippen molar-refractivity contribution in [2.24, 2.45) is 0 Å². The molecule has 5 nitrogen and oxygen atoms in total. The van der Waals surface area contributed by atoms with Gasteiger partial charge < -0.3 is 20.1 Å². The highest BCUT2D eigenvalue weighted by Crippen LogP contribution is 2.23. The van der Waals surface area contributed by atoms with Gasteiger partial charge in [0.15, 0.2) is 0 Å². The van der Waals surface area contributed by atoms with Crippen LogP contribution in [0.3, 0.4) is 0 Å². The number of carboxylic acids is 1. The van der Waals surface area contributed by atoms with E-state index in [1.807, 2.05) is 0 Å². The molecular weight excluding hydrogens is 188 g/mol. The molecule has 0 saturated carbocycles. The predicted octanol–water partition coefficient (Wildman–Crippen LogP) is 0.814. The van der Waals surface area contributed by atoms with Gasteiger partial charge in [0.25, 0.3) is 0 Å². The summed E-state index contributed by atoms with van der Waals surface area (Å²) < 4.78 is 4.86. The zero-order valence-electron chi connectivity index (χ0n) is 7.93. The Kier molecular flexibility index (Phi) is 4.90. The molecule has 0 amide bonds. The molecule has 0 aliphatic rings. The topological polar surface area (TPSA) is 87.0 Å². The third-order valence-corrected chi connectivity index (χ3v) is 1.58. The summed E-state index contributed by atoms with van der Waals surface area (Å²) in [6, 6.07) is 0. The van der Waals surface area contributed by atoms with Crippen molar-refractivity contribution in [1.82, 2.24) is 0 Å². The minimum atomic E-state index is -2.02. The molecule has 0 aromatic carbocycles. The Hall–Kier alpha value is -1.33. The highest BCUT2D eigenvalue weighted by Gasteiger charge is 2.36. The van der Waals surface area contributed by atoms with Gasteiger partial charge in [0, 0.05) is 13.0 Å². The second-order valence-electron chi connectivity index (χ2n) is 2.56. The molecule has 5 heteroatoms. The molecule has 1 unspecified atom stereocenters. The van der Waals surface area contributed by atoms with Gasteiger partial charge in [-0.15, -0.1) is 6.58 Å². The molecule has 0 bridgehead atoms. The van der Waals surface area contributed by atoms with Gasteiger partial charge in [0.2, 0.25) is 5.79 Å². The van der Waals surface area contributed by atoms with E-state index >= 15 is 0 Å². The Labute approximate surface area is 81.9 Å². The molecule has 0 aliphatic heterocycles. The van der Waals surface area contributed by atoms with E-state index in [0.29, 0.717) is 6.26 Å². The lowest BCUT2D eigenvalue weighted by atomic mass is 10.0. The SMILES string of the molecule is C=CCC(O)(OCC)C(=CO)C(=O)O. The van der Waals surface area contributed by atoms with E-state index in [9.17, 15) is 9.90 Å². The normalized spacial score (nSPS) is 16.0. The Balaban J connectivity index is 4.95. The van der Waals surface area contributed by atoms with Gasteiger partial charge in [-0.2, -0.15) is 0 Å². The first-order valence-electron chi connectivity index (χ1n) is 4.07. The first kappa shape index (κ1) is 12.7. The van der Waals surface area contributed by atoms with E-state index in [1.54, 1.807) is 6.92 Å². The zero-order chi connectivity index (χ0) is 11.2. The lowest BCUT2D eigenvalue weighted by molar-refractivity contribution is -0.179. The summed E-state index contributed by atoms with van der Waals surface area (Å²) in [6.45, 7) is 5.08. The lowest BCUT2D eigenvalue weighted by Gasteiger charge is -2.26.